The summed E-state index contributed by atoms with van der Waals surface area (Å²) in [6, 6.07) is 0. The molecule has 0 aromatic heterocycles. The van der Waals surface area contributed by atoms with E-state index >= 15 is 0 Å². The van der Waals surface area contributed by atoms with E-state index in [9.17, 15) is 0 Å². The van der Waals surface area contributed by atoms with Gasteiger partial charge in [-0.3, -0.25) is 0 Å². The first-order valence-corrected chi connectivity index (χ1v) is 0. The van der Waals surface area contributed by atoms with Crippen molar-refractivity contribution < 1.29 is 77.0 Å². The molecule has 0 unspecified atom stereocenters. The molecule has 0 saturated carbocycles. The first-order valence-electron chi connectivity index (χ1n) is 0. The van der Waals surface area contributed by atoms with Crippen LogP contribution in [0.2, 0.25) is 0 Å². The normalized spacial score (nSPS) is 0. The summed E-state index contributed by atoms with van der Waals surface area (Å²) in [5, 5.41) is 0. The van der Waals surface area contributed by atoms with Gasteiger partial charge in [0.2, 0.25) is 0 Å². The van der Waals surface area contributed by atoms with Crippen LogP contribution in [0.4, 0.5) is 0 Å². The minimum Gasteiger partial charge on any atom is 0 e. The minimum atomic E-state index is 0. The average molecular weight is 273 g/mol. The summed E-state index contributed by atoms with van der Waals surface area (Å²) in [7, 11) is 0. The number of hydrogen-bond donors (Lipinski definition) is 0. The monoisotopic (exact) mass is 272 g/mol. The van der Waals surface area contributed by atoms with Gasteiger partial charge in [0.25, 0.3) is 0 Å². The Morgan fingerprint density at radius 1 is 0.833 bits per heavy atom. The summed E-state index contributed by atoms with van der Waals surface area (Å²) in [4.78, 5) is 0. The molecular weight excluding hydrogens is 273 g/mol. The molecule has 0 nitrogen and oxygen atoms in total. The van der Waals surface area contributed by atoms with Crippen molar-refractivity contribution in [1.82, 2.24) is 0 Å². The van der Waals surface area contributed by atoms with E-state index in [2.05, 4.69) is 0 Å². The molecule has 0 bridgehead atoms. The smallest absolute Gasteiger partial charge is 0 e. The number of hydrogen-bond acceptors (Lipinski definition) is 0. The van der Waals surface area contributed by atoms with E-state index in [0.29, 0.717) is 0 Å². The Morgan fingerprint density at radius 3 is 0.833 bits per heavy atom. The van der Waals surface area contributed by atoms with E-state index in [-0.39, 0.29) is 105 Å². The van der Waals surface area contributed by atoms with Crippen molar-refractivity contribution in [2.45, 2.75) is 0 Å². The maximum Gasteiger partial charge on any atom is 0 e. The zero-order valence-electron chi connectivity index (χ0n) is 2.70. The van der Waals surface area contributed by atoms with Gasteiger partial charge in [-0.1, -0.05) is 0 Å². The Balaban J connectivity index is 0. The van der Waals surface area contributed by atoms with Crippen molar-refractivity contribution >= 4 is 28.3 Å². The standard InChI is InChI=1S/Al.Cu.Ni.Si.2Ti. The molecule has 0 saturated heterocycles. The molecule has 0 rings (SSSR count). The van der Waals surface area contributed by atoms with Crippen molar-refractivity contribution in [3.8, 4) is 0 Å². The molecular formula is AlCuNiSiTi2. The maximum atomic E-state index is 0. The van der Waals surface area contributed by atoms with Crippen LogP contribution in [0.1, 0.15) is 0 Å². The van der Waals surface area contributed by atoms with Crippen molar-refractivity contribution in [3.63, 3.8) is 0 Å². The topological polar surface area (TPSA) is 0 Å². The van der Waals surface area contributed by atoms with E-state index < -0.39 is 0 Å². The van der Waals surface area contributed by atoms with Crippen LogP contribution in [0.25, 0.3) is 0 Å². The van der Waals surface area contributed by atoms with Crippen LogP contribution in [0.3, 0.4) is 0 Å². The van der Waals surface area contributed by atoms with Crippen molar-refractivity contribution in [2.75, 3.05) is 0 Å². The van der Waals surface area contributed by atoms with Gasteiger partial charge in [0.15, 0.2) is 0 Å². The molecule has 0 fully saturated rings. The Morgan fingerprint density at radius 2 is 0.833 bits per heavy atom. The van der Waals surface area contributed by atoms with E-state index in [1.165, 1.54) is 0 Å². The van der Waals surface area contributed by atoms with Gasteiger partial charge in [0.1, 0.15) is 0 Å². The van der Waals surface area contributed by atoms with Crippen LogP contribution >= 0.6 is 0 Å². The molecule has 0 spiro atoms. The van der Waals surface area contributed by atoms with Crippen LogP contribution in [-0.4, -0.2) is 28.3 Å². The molecule has 0 amide bonds. The maximum absolute atomic E-state index is 0. The fourth-order valence-electron chi connectivity index (χ4n) is 0. The second-order valence-electron chi connectivity index (χ2n) is 0. The Hall–Kier alpha value is 3.19. The largest absolute Gasteiger partial charge is 0 e. The fraction of sp³-hybridized carbons (Fsp3) is 0. The van der Waals surface area contributed by atoms with Crippen LogP contribution in [-0.2, 0) is 77.0 Å². The molecule has 0 atom stereocenters. The Labute approximate surface area is 104 Å². The molecule has 0 N–H and O–H groups in total. The van der Waals surface area contributed by atoms with E-state index in [4.69, 9.17) is 0 Å². The van der Waals surface area contributed by atoms with Crippen LogP contribution in [0.5, 0.6) is 0 Å². The zero-order chi connectivity index (χ0) is 0. The first-order chi connectivity index (χ1) is 0. The van der Waals surface area contributed by atoms with E-state index in [1.807, 2.05) is 0 Å². The summed E-state index contributed by atoms with van der Waals surface area (Å²) < 4.78 is 0. The third kappa shape index (κ3) is 27.1. The van der Waals surface area contributed by atoms with Gasteiger partial charge in [0, 0.05) is 105 Å². The minimum absolute atomic E-state index is 0. The SMILES string of the molecule is [Al].[Cu].[Ni].[Si].[Ti].[Ti]. The first kappa shape index (κ1) is 60.6. The third-order valence-corrected chi connectivity index (χ3v) is 0. The van der Waals surface area contributed by atoms with Gasteiger partial charge in [-0.2, -0.15) is 0 Å². The molecule has 36 valence electrons. The Bertz CT molecular complexity index is 13.5. The van der Waals surface area contributed by atoms with E-state index in [0.717, 1.165) is 0 Å². The van der Waals surface area contributed by atoms with Gasteiger partial charge in [0.05, 0.1) is 0 Å². The average Bonchev–Trinajstić information content (AvgIpc) is 0. The predicted molar refractivity (Wildman–Crippen MR) is 11.5 cm³/mol. The van der Waals surface area contributed by atoms with Crippen LogP contribution in [0, 0.1) is 0 Å². The second kappa shape index (κ2) is 41.6. The fourth-order valence-corrected chi connectivity index (χ4v) is 0. The molecule has 0 aromatic rings. The molecule has 6 heavy (non-hydrogen) atoms. The van der Waals surface area contributed by atoms with Gasteiger partial charge in [-0.15, -0.1) is 0 Å². The predicted octanol–water partition coefficient (Wildman–Crippen LogP) is -0.772. The summed E-state index contributed by atoms with van der Waals surface area (Å²) in [6.07, 6.45) is 0. The molecule has 0 heterocycles. The van der Waals surface area contributed by atoms with Gasteiger partial charge < -0.3 is 0 Å². The van der Waals surface area contributed by atoms with Gasteiger partial charge >= 0.3 is 0 Å². The molecule has 8 radical (unpaired) electrons. The number of rotatable bonds is 0. The van der Waals surface area contributed by atoms with Crippen LogP contribution in [0.15, 0.2) is 0 Å². The van der Waals surface area contributed by atoms with Crippen molar-refractivity contribution in [2.24, 2.45) is 0 Å². The summed E-state index contributed by atoms with van der Waals surface area (Å²) >= 11 is 0. The molecule has 6 heteroatoms. The molecule has 0 aromatic carbocycles. The summed E-state index contributed by atoms with van der Waals surface area (Å²) in [5.74, 6) is 0. The zero-order valence-corrected chi connectivity index (χ0v) is 9.90. The summed E-state index contributed by atoms with van der Waals surface area (Å²) in [5.41, 5.74) is 0. The van der Waals surface area contributed by atoms with E-state index in [1.54, 1.807) is 0 Å². The van der Waals surface area contributed by atoms with Gasteiger partial charge in [-0.05, 0) is 0 Å². The molecule has 0 aliphatic heterocycles. The van der Waals surface area contributed by atoms with Gasteiger partial charge in [-0.25, -0.2) is 0 Å². The summed E-state index contributed by atoms with van der Waals surface area (Å²) in [6.45, 7) is 0. The molecule has 0 aliphatic rings. The third-order valence-electron chi connectivity index (χ3n) is 0. The van der Waals surface area contributed by atoms with Crippen molar-refractivity contribution in [1.29, 1.82) is 0 Å². The van der Waals surface area contributed by atoms with Crippen molar-refractivity contribution in [3.05, 3.63) is 0 Å². The Kier molecular flexibility index (Phi) is 420. The quantitative estimate of drug-likeness (QED) is 0.508. The molecule has 0 aliphatic carbocycles. The van der Waals surface area contributed by atoms with Crippen LogP contribution < -0.4 is 0 Å². The second-order valence-corrected chi connectivity index (χ2v) is 0.